The van der Waals surface area contributed by atoms with Gasteiger partial charge in [-0.15, -0.1) is 0 Å². The number of nitrogens with one attached hydrogen (secondary N) is 4. The predicted molar refractivity (Wildman–Crippen MR) is 275 cm³/mol. The van der Waals surface area contributed by atoms with Crippen LogP contribution >= 0.6 is 0 Å². The van der Waals surface area contributed by atoms with Crippen LogP contribution in [0.2, 0.25) is 5.82 Å². The van der Waals surface area contributed by atoms with Crippen LogP contribution in [0.4, 0.5) is 16.2 Å². The number of anilines is 2. The van der Waals surface area contributed by atoms with Gasteiger partial charge in [0.1, 0.15) is 43.8 Å². The lowest BCUT2D eigenvalue weighted by atomic mass is 9.85. The van der Waals surface area contributed by atoms with Crippen LogP contribution in [0, 0.1) is 6.92 Å². The van der Waals surface area contributed by atoms with E-state index >= 15 is 0 Å². The topological polar surface area (TPSA) is 299 Å². The number of carbonyl (C=O) groups excluding carboxylic acids is 7. The van der Waals surface area contributed by atoms with E-state index in [-0.39, 0.29) is 131 Å². The monoisotopic (exact) mass is 1090 g/mol. The number of hydrogen-bond acceptors (Lipinski definition) is 20. The maximum atomic E-state index is 13.3. The van der Waals surface area contributed by atoms with Crippen molar-refractivity contribution in [3.63, 3.8) is 0 Å². The Hall–Kier alpha value is -6.65. The van der Waals surface area contributed by atoms with Crippen LogP contribution in [0.5, 0.6) is 17.2 Å². The highest BCUT2D eigenvalue weighted by atomic mass is 16.9. The quantitative estimate of drug-likeness (QED) is 0.0322. The second-order valence-electron chi connectivity index (χ2n) is 19.8. The molecule has 6 unspecified atom stereocenters. The number of Topliss-reactive ketones (excluding diaryl/α,β-unsaturated/α-hetero) is 1. The van der Waals surface area contributed by atoms with Gasteiger partial charge in [0, 0.05) is 48.8 Å². The summed E-state index contributed by atoms with van der Waals surface area (Å²) in [5.74, 6) is -5.10. The Bertz CT molecular complexity index is 2820. The molecule has 78 heavy (non-hydrogen) atoms. The molecule has 5 N–H and O–H groups in total. The minimum atomic E-state index is -1.64. The van der Waals surface area contributed by atoms with Crippen molar-refractivity contribution in [2.45, 2.75) is 87.7 Å². The van der Waals surface area contributed by atoms with Crippen molar-refractivity contribution >= 4 is 71.4 Å². The van der Waals surface area contributed by atoms with Gasteiger partial charge in [0.25, 0.3) is 11.6 Å². The molecule has 26 heteroatoms. The zero-order valence-electron chi connectivity index (χ0n) is 44.2. The molecular weight excluding hydrogens is 1020 g/mol. The molecule has 6 atom stereocenters. The van der Waals surface area contributed by atoms with E-state index in [0.717, 1.165) is 0 Å². The number of epoxide rings is 1. The number of benzene rings is 3. The number of carbonyl (C=O) groups is 7. The number of rotatable bonds is 26. The second kappa shape index (κ2) is 23.8. The van der Waals surface area contributed by atoms with Crippen LogP contribution in [0.3, 0.4) is 0 Å². The molecule has 3 aromatic rings. The standard InChI is InChI=1S/C52H65BN6O19/c1-29-22-34-42(44(64)41-33(45(34)68-3)6-5-7-36(41)60)46-43(29)59-25-37-52(69-4,77-46)50(28-75-50)51(76-37,78-59)27-55-49(67)74-26-31-8-10-32(11-9-31)57-39(62)24-54-47(65)30(2)56-38(61)12-14-70-16-18-72-20-21-73-19-17-71-15-13-58-40(63)23-35(53)48(58)66/h8-11,22,30,35,37,64H,5-7,12-21,23-28,53H2,1-4H3,(H,54,65)(H,55,67)(H,56,61)(H,57,62). The lowest BCUT2D eigenvalue weighted by molar-refractivity contribution is -0.276. The molecule has 1 spiro atoms. The largest absolute Gasteiger partial charge is 0.506 e. The highest BCUT2D eigenvalue weighted by Crippen LogP contribution is 2.65. The molecule has 5 heterocycles. The molecule has 0 radical (unpaired) electrons. The third kappa shape index (κ3) is 11.0. The molecule has 5 aliphatic heterocycles. The summed E-state index contributed by atoms with van der Waals surface area (Å²) in [6, 6.07) is 7.46. The molecule has 0 saturated carbocycles. The number of ether oxygens (including phenoxy) is 10. The molecule has 4 fully saturated rings. The molecule has 6 aliphatic rings. The van der Waals surface area contributed by atoms with Crippen LogP contribution in [0.15, 0.2) is 30.3 Å². The Morgan fingerprint density at radius 2 is 1.62 bits per heavy atom. The SMILES string of the molecule is BC1CC(=O)N(CCOCCOCCOCCOCCC(=O)NC(C)C(=O)NCC(=O)Nc2ccc(COC(=O)NCC34OC5CN(O3)c3c(C)cc6c(OC)c7c(c(O)c6c3OC5(OC)C43CO3)C(=O)CCC7)cc2)C1=O. The number of fused-ring (bicyclic) bond motifs is 9. The van der Waals surface area contributed by atoms with E-state index in [1.165, 1.54) is 26.0 Å². The lowest BCUT2D eigenvalue weighted by Gasteiger charge is -2.42. The van der Waals surface area contributed by atoms with Crippen LogP contribution in [0.25, 0.3) is 10.8 Å². The van der Waals surface area contributed by atoms with E-state index in [1.54, 1.807) is 37.2 Å². The van der Waals surface area contributed by atoms with Gasteiger partial charge in [0.2, 0.25) is 35.1 Å². The van der Waals surface area contributed by atoms with E-state index in [9.17, 15) is 38.7 Å². The number of phenolic OH excluding ortho intramolecular Hbond substituents is 1. The molecule has 4 saturated heterocycles. The molecule has 25 nitrogen and oxygen atoms in total. The summed E-state index contributed by atoms with van der Waals surface area (Å²) in [7, 11) is 4.72. The fourth-order valence-corrected chi connectivity index (χ4v) is 10.6. The van der Waals surface area contributed by atoms with Crippen LogP contribution in [-0.2, 0) is 79.7 Å². The minimum absolute atomic E-state index is 0.00350. The number of likely N-dealkylation sites (tertiary alicyclic amines) is 1. The molecule has 3 aromatic carbocycles. The van der Waals surface area contributed by atoms with Gasteiger partial charge in [-0.3, -0.25) is 33.7 Å². The summed E-state index contributed by atoms with van der Waals surface area (Å²) in [5, 5.41) is 24.8. The first-order valence-electron chi connectivity index (χ1n) is 26.0. The Balaban J connectivity index is 0.661. The average Bonchev–Trinajstić information content (AvgIpc) is 2.35. The van der Waals surface area contributed by atoms with Gasteiger partial charge < -0.3 is 73.7 Å². The smallest absolute Gasteiger partial charge is 0.407 e. The number of alkyl carbamates (subject to hydrolysis) is 1. The van der Waals surface area contributed by atoms with Crippen molar-refractivity contribution in [1.29, 1.82) is 0 Å². The van der Waals surface area contributed by atoms with Crippen LogP contribution < -0.4 is 35.8 Å². The zero-order chi connectivity index (χ0) is 55.4. The number of aryl methyl sites for hydroxylation is 1. The third-order valence-corrected chi connectivity index (χ3v) is 14.6. The number of aromatic hydroxyl groups is 1. The normalized spacial score (nSPS) is 23.9. The Labute approximate surface area is 449 Å². The fourth-order valence-electron chi connectivity index (χ4n) is 10.6. The van der Waals surface area contributed by atoms with Crippen molar-refractivity contribution in [1.82, 2.24) is 20.9 Å². The van der Waals surface area contributed by atoms with E-state index < -0.39 is 53.1 Å². The number of phenols is 1. The van der Waals surface area contributed by atoms with Gasteiger partial charge >= 0.3 is 6.09 Å². The van der Waals surface area contributed by atoms with Crippen LogP contribution in [-0.4, -0.2) is 188 Å². The summed E-state index contributed by atoms with van der Waals surface area (Å²) >= 11 is 0. The summed E-state index contributed by atoms with van der Waals surface area (Å²) < 4.78 is 59.0. The van der Waals surface area contributed by atoms with Gasteiger partial charge in [0.15, 0.2) is 11.5 Å². The van der Waals surface area contributed by atoms with Crippen molar-refractivity contribution in [3.05, 3.63) is 52.6 Å². The maximum Gasteiger partial charge on any atom is 0.407 e. The third-order valence-electron chi connectivity index (χ3n) is 14.6. The van der Waals surface area contributed by atoms with Gasteiger partial charge in [0.05, 0.1) is 104 Å². The fraction of sp³-hybridized carbons (Fsp3) is 0.558. The first-order chi connectivity index (χ1) is 37.6. The molecule has 6 amide bonds. The van der Waals surface area contributed by atoms with E-state index in [2.05, 4.69) is 21.3 Å². The number of amides is 6. The molecule has 1 aliphatic carbocycles. The summed E-state index contributed by atoms with van der Waals surface area (Å²) in [6.45, 7) is 5.24. The van der Waals surface area contributed by atoms with Gasteiger partial charge in [-0.1, -0.05) is 12.1 Å². The first-order valence-corrected chi connectivity index (χ1v) is 26.0. The predicted octanol–water partition coefficient (Wildman–Crippen LogP) is 0.855. The number of hydrogen-bond donors (Lipinski definition) is 5. The summed E-state index contributed by atoms with van der Waals surface area (Å²) in [4.78, 5) is 95.8. The highest BCUT2D eigenvalue weighted by Gasteiger charge is 2.88. The highest BCUT2D eigenvalue weighted by molar-refractivity contribution is 6.29. The van der Waals surface area contributed by atoms with Gasteiger partial charge in [-0.2, -0.15) is 0 Å². The second-order valence-corrected chi connectivity index (χ2v) is 19.8. The summed E-state index contributed by atoms with van der Waals surface area (Å²) in [6.07, 6.45) is 0.121. The minimum Gasteiger partial charge on any atom is -0.506 e. The molecule has 420 valence electrons. The number of hydroxylamine groups is 1. The first kappa shape index (κ1) is 56.1. The Kier molecular flexibility index (Phi) is 17.1. The van der Waals surface area contributed by atoms with Gasteiger partial charge in [-0.05, 0) is 56.0 Å². The molecular formula is C52H65BN6O19. The maximum absolute atomic E-state index is 13.3. The average molecular weight is 1090 g/mol. The van der Waals surface area contributed by atoms with E-state index in [1.807, 2.05) is 13.0 Å². The van der Waals surface area contributed by atoms with E-state index in [0.29, 0.717) is 78.5 Å². The van der Waals surface area contributed by atoms with Gasteiger partial charge in [-0.25, -0.2) is 14.7 Å². The Morgan fingerprint density at radius 1 is 0.923 bits per heavy atom. The van der Waals surface area contributed by atoms with Crippen molar-refractivity contribution in [3.8, 4) is 17.2 Å². The zero-order valence-corrected chi connectivity index (χ0v) is 44.2. The number of imide groups is 1. The number of nitrogens with zero attached hydrogens (tertiary/aromatic N) is 2. The van der Waals surface area contributed by atoms with Crippen molar-refractivity contribution in [2.75, 3.05) is 110 Å². The number of ketones is 1. The van der Waals surface area contributed by atoms with Crippen molar-refractivity contribution in [2.24, 2.45) is 0 Å². The molecule has 9 rings (SSSR count). The van der Waals surface area contributed by atoms with Crippen LogP contribution in [0.1, 0.15) is 59.7 Å². The Morgan fingerprint density at radius 3 is 2.27 bits per heavy atom. The van der Waals surface area contributed by atoms with Crippen molar-refractivity contribution < 1.29 is 90.9 Å². The molecule has 0 aromatic heterocycles. The molecule has 3 bridgehead atoms. The lowest BCUT2D eigenvalue weighted by Crippen LogP contribution is -2.63. The summed E-state index contributed by atoms with van der Waals surface area (Å²) in [5.41, 5.74) is 1.67. The van der Waals surface area contributed by atoms with E-state index in [4.69, 9.17) is 52.2 Å². The number of methoxy groups -OCH3 is 2.